The van der Waals surface area contributed by atoms with Gasteiger partial charge < -0.3 is 24.3 Å². The van der Waals surface area contributed by atoms with Crippen molar-refractivity contribution in [2.45, 2.75) is 104 Å². The molecule has 0 saturated heterocycles. The monoisotopic (exact) mass is 521 g/mol. The minimum atomic E-state index is -0.134. The Kier molecular flexibility index (Phi) is 21.6. The molecule has 1 aromatic rings. The summed E-state index contributed by atoms with van der Waals surface area (Å²) in [6.07, 6.45) is 17.3. The number of ether oxygens (including phenoxy) is 4. The van der Waals surface area contributed by atoms with E-state index in [-0.39, 0.29) is 18.5 Å². The molecular weight excluding hydrogens is 470 g/mol. The largest absolute Gasteiger partial charge is 0.491 e. The lowest BCUT2D eigenvalue weighted by atomic mass is 10.0. The van der Waals surface area contributed by atoms with Gasteiger partial charge in [0.1, 0.15) is 19.0 Å². The van der Waals surface area contributed by atoms with E-state index in [2.05, 4.69) is 12.2 Å². The first-order chi connectivity index (χ1) is 18.1. The predicted molar refractivity (Wildman–Crippen MR) is 149 cm³/mol. The Bertz CT molecular complexity index is 679. The molecule has 0 aromatic heterocycles. The molecule has 1 aromatic carbocycles. The fourth-order valence-corrected chi connectivity index (χ4v) is 3.95. The lowest BCUT2D eigenvalue weighted by Crippen LogP contribution is -2.14. The highest BCUT2D eigenvalue weighted by atomic mass is 16.6. The van der Waals surface area contributed by atoms with Crippen molar-refractivity contribution >= 4 is 17.6 Å². The van der Waals surface area contributed by atoms with Gasteiger partial charge in [0.2, 0.25) is 5.91 Å². The van der Waals surface area contributed by atoms with Crippen LogP contribution in [-0.4, -0.2) is 51.5 Å². The summed E-state index contributed by atoms with van der Waals surface area (Å²) in [5.74, 6) is 0.479. The SMILES string of the molecule is CCCCCCCCCCCCCCCC(=O)OCCOCCOCCOc1ccc(NC(C)=O)cc1. The molecule has 0 unspecified atom stereocenters. The van der Waals surface area contributed by atoms with E-state index >= 15 is 0 Å². The van der Waals surface area contributed by atoms with Crippen molar-refractivity contribution in [2.75, 3.05) is 45.0 Å². The summed E-state index contributed by atoms with van der Waals surface area (Å²) >= 11 is 0. The van der Waals surface area contributed by atoms with E-state index in [0.717, 1.165) is 24.3 Å². The van der Waals surface area contributed by atoms with Crippen LogP contribution in [0.25, 0.3) is 0 Å². The maximum absolute atomic E-state index is 11.8. The van der Waals surface area contributed by atoms with E-state index in [4.69, 9.17) is 18.9 Å². The predicted octanol–water partition coefficient (Wildman–Crippen LogP) is 7.08. The number of hydrogen-bond acceptors (Lipinski definition) is 6. The molecule has 212 valence electrons. The third kappa shape index (κ3) is 21.7. The fourth-order valence-electron chi connectivity index (χ4n) is 3.95. The number of benzene rings is 1. The van der Waals surface area contributed by atoms with Gasteiger partial charge in [-0.25, -0.2) is 0 Å². The van der Waals surface area contributed by atoms with E-state index < -0.39 is 0 Å². The van der Waals surface area contributed by atoms with Crippen LogP contribution in [0.4, 0.5) is 5.69 Å². The van der Waals surface area contributed by atoms with Gasteiger partial charge in [-0.1, -0.05) is 84.0 Å². The van der Waals surface area contributed by atoms with Crippen LogP contribution >= 0.6 is 0 Å². The van der Waals surface area contributed by atoms with Crippen molar-refractivity contribution in [3.63, 3.8) is 0 Å². The molecule has 0 spiro atoms. The number of amides is 1. The van der Waals surface area contributed by atoms with Crippen molar-refractivity contribution in [1.82, 2.24) is 0 Å². The Morgan fingerprint density at radius 2 is 1.14 bits per heavy atom. The quantitative estimate of drug-likeness (QED) is 0.109. The Labute approximate surface area is 225 Å². The fraction of sp³-hybridized carbons (Fsp3) is 0.733. The first kappa shape index (κ1) is 32.9. The van der Waals surface area contributed by atoms with Gasteiger partial charge in [-0.15, -0.1) is 0 Å². The van der Waals surface area contributed by atoms with Crippen LogP contribution in [0.1, 0.15) is 104 Å². The molecule has 1 rings (SSSR count). The molecule has 1 N–H and O–H groups in total. The number of carbonyl (C=O) groups excluding carboxylic acids is 2. The van der Waals surface area contributed by atoms with Crippen LogP contribution < -0.4 is 10.1 Å². The molecule has 37 heavy (non-hydrogen) atoms. The van der Waals surface area contributed by atoms with Crippen molar-refractivity contribution in [1.29, 1.82) is 0 Å². The van der Waals surface area contributed by atoms with Crippen LogP contribution in [0.2, 0.25) is 0 Å². The van der Waals surface area contributed by atoms with Gasteiger partial charge in [0, 0.05) is 19.0 Å². The van der Waals surface area contributed by atoms with Gasteiger partial charge in [0.25, 0.3) is 0 Å². The molecule has 0 aliphatic heterocycles. The molecular formula is C30H51NO6. The van der Waals surface area contributed by atoms with Crippen molar-refractivity contribution < 1.29 is 28.5 Å². The zero-order valence-electron chi connectivity index (χ0n) is 23.4. The zero-order chi connectivity index (χ0) is 26.8. The Hall–Kier alpha value is -2.12. The standard InChI is InChI=1S/C30H51NO6/c1-3-4-5-6-7-8-9-10-11-12-13-14-15-16-30(33)37-26-24-35-22-21-34-23-25-36-29-19-17-28(18-20-29)31-27(2)32/h17-20H,3-16,21-26H2,1-2H3,(H,31,32). The third-order valence-electron chi connectivity index (χ3n) is 6.02. The van der Waals surface area contributed by atoms with Gasteiger partial charge >= 0.3 is 5.97 Å². The van der Waals surface area contributed by atoms with E-state index in [0.29, 0.717) is 39.5 Å². The number of carbonyl (C=O) groups is 2. The second kappa shape index (κ2) is 24.2. The van der Waals surface area contributed by atoms with Crippen molar-refractivity contribution in [2.24, 2.45) is 0 Å². The van der Waals surface area contributed by atoms with Crippen LogP contribution in [0.5, 0.6) is 5.75 Å². The number of rotatable bonds is 25. The van der Waals surface area contributed by atoms with Crippen molar-refractivity contribution in [3.05, 3.63) is 24.3 Å². The van der Waals surface area contributed by atoms with Gasteiger partial charge in [0.15, 0.2) is 0 Å². The molecule has 7 nitrogen and oxygen atoms in total. The molecule has 0 radical (unpaired) electrons. The number of anilines is 1. The van der Waals surface area contributed by atoms with E-state index in [1.165, 1.54) is 77.6 Å². The first-order valence-corrected chi connectivity index (χ1v) is 14.4. The highest BCUT2D eigenvalue weighted by Gasteiger charge is 2.03. The molecule has 0 bridgehead atoms. The average Bonchev–Trinajstić information content (AvgIpc) is 2.88. The Balaban J connectivity index is 1.79. The highest BCUT2D eigenvalue weighted by molar-refractivity contribution is 5.88. The lowest BCUT2D eigenvalue weighted by molar-refractivity contribution is -0.145. The van der Waals surface area contributed by atoms with E-state index in [1.807, 2.05) is 0 Å². The number of nitrogens with one attached hydrogen (secondary N) is 1. The van der Waals surface area contributed by atoms with Crippen LogP contribution in [0, 0.1) is 0 Å². The molecule has 0 heterocycles. The smallest absolute Gasteiger partial charge is 0.305 e. The van der Waals surface area contributed by atoms with Gasteiger partial charge in [0.05, 0.1) is 26.4 Å². The molecule has 0 atom stereocenters. The summed E-state index contributed by atoms with van der Waals surface area (Å²) in [5.41, 5.74) is 0.735. The Morgan fingerprint density at radius 3 is 1.68 bits per heavy atom. The highest BCUT2D eigenvalue weighted by Crippen LogP contribution is 2.15. The van der Waals surface area contributed by atoms with Crippen molar-refractivity contribution in [3.8, 4) is 5.75 Å². The lowest BCUT2D eigenvalue weighted by Gasteiger charge is -2.09. The molecule has 0 saturated carbocycles. The summed E-state index contributed by atoms with van der Waals surface area (Å²) in [6.45, 7) is 6.18. The van der Waals surface area contributed by atoms with Gasteiger partial charge in [-0.05, 0) is 30.7 Å². The maximum atomic E-state index is 11.8. The normalized spacial score (nSPS) is 10.9. The number of hydrogen-bond donors (Lipinski definition) is 1. The van der Waals surface area contributed by atoms with E-state index in [9.17, 15) is 9.59 Å². The summed E-state index contributed by atoms with van der Waals surface area (Å²) in [7, 11) is 0. The summed E-state index contributed by atoms with van der Waals surface area (Å²) < 4.78 is 21.7. The molecule has 1 amide bonds. The average molecular weight is 522 g/mol. The summed E-state index contributed by atoms with van der Waals surface area (Å²) in [6, 6.07) is 7.18. The molecule has 0 aliphatic rings. The summed E-state index contributed by atoms with van der Waals surface area (Å²) in [5, 5.41) is 2.71. The molecule has 0 aliphatic carbocycles. The van der Waals surface area contributed by atoms with Crippen LogP contribution in [0.15, 0.2) is 24.3 Å². The van der Waals surface area contributed by atoms with Crippen LogP contribution in [-0.2, 0) is 23.8 Å². The van der Waals surface area contributed by atoms with E-state index in [1.54, 1.807) is 24.3 Å². The Morgan fingerprint density at radius 1 is 0.649 bits per heavy atom. The minimum absolute atomic E-state index is 0.104. The maximum Gasteiger partial charge on any atom is 0.305 e. The van der Waals surface area contributed by atoms with Crippen LogP contribution in [0.3, 0.4) is 0 Å². The van der Waals surface area contributed by atoms with Gasteiger partial charge in [-0.2, -0.15) is 0 Å². The zero-order valence-corrected chi connectivity index (χ0v) is 23.4. The van der Waals surface area contributed by atoms with Gasteiger partial charge in [-0.3, -0.25) is 9.59 Å². The second-order valence-electron chi connectivity index (χ2n) is 9.49. The number of unbranched alkanes of at least 4 members (excludes halogenated alkanes) is 12. The third-order valence-corrected chi connectivity index (χ3v) is 6.02. The molecule has 7 heteroatoms. The second-order valence-corrected chi connectivity index (χ2v) is 9.49. The molecule has 0 fully saturated rings. The summed E-state index contributed by atoms with van der Waals surface area (Å²) in [4.78, 5) is 22.8. The minimum Gasteiger partial charge on any atom is -0.491 e. The first-order valence-electron chi connectivity index (χ1n) is 14.4. The topological polar surface area (TPSA) is 83.1 Å². The number of esters is 1.